The first-order valence-electron chi connectivity index (χ1n) is 7.18. The molecule has 3 rings (SSSR count). The van der Waals surface area contributed by atoms with Gasteiger partial charge in [-0.25, -0.2) is 0 Å². The summed E-state index contributed by atoms with van der Waals surface area (Å²) < 4.78 is 5.91. The molecular formula is C18H16N2O2S. The van der Waals surface area contributed by atoms with Gasteiger partial charge >= 0.3 is 0 Å². The van der Waals surface area contributed by atoms with E-state index in [-0.39, 0.29) is 11.1 Å². The highest BCUT2D eigenvalue weighted by Crippen LogP contribution is 2.29. The van der Waals surface area contributed by atoms with Gasteiger partial charge in [-0.05, 0) is 36.4 Å². The quantitative estimate of drug-likeness (QED) is 0.843. The van der Waals surface area contributed by atoms with Gasteiger partial charge in [0.1, 0.15) is 12.4 Å². The summed E-state index contributed by atoms with van der Waals surface area (Å²) in [5.41, 5.74) is 3.12. The molecule has 0 radical (unpaired) electrons. The van der Waals surface area contributed by atoms with Crippen molar-refractivity contribution >= 4 is 28.9 Å². The number of carbonyl (C=O) groups is 1. The third-order valence-corrected chi connectivity index (χ3v) is 4.17. The summed E-state index contributed by atoms with van der Waals surface area (Å²) in [7, 11) is 0. The number of carbonyl (C=O) groups excluding carboxylic acids is 1. The van der Waals surface area contributed by atoms with Crippen LogP contribution < -0.4 is 10.1 Å². The van der Waals surface area contributed by atoms with E-state index in [1.807, 2.05) is 49.4 Å². The summed E-state index contributed by atoms with van der Waals surface area (Å²) in [4.78, 5) is 12.2. The zero-order valence-corrected chi connectivity index (χ0v) is 13.4. The zero-order valence-electron chi connectivity index (χ0n) is 12.6. The molecule has 1 amide bonds. The van der Waals surface area contributed by atoms with Gasteiger partial charge in [-0.3, -0.25) is 10.2 Å². The largest absolute Gasteiger partial charge is 0.488 e. The van der Waals surface area contributed by atoms with Crippen LogP contribution in [0.2, 0.25) is 0 Å². The Balaban J connectivity index is 1.80. The molecule has 0 aromatic heterocycles. The number of hydrogen-bond donors (Lipinski definition) is 2. The maximum absolute atomic E-state index is 11.7. The van der Waals surface area contributed by atoms with Gasteiger partial charge < -0.3 is 10.1 Å². The number of benzene rings is 2. The number of nitrogens with one attached hydrogen (secondary N) is 2. The van der Waals surface area contributed by atoms with E-state index in [0.717, 1.165) is 22.9 Å². The molecule has 0 aliphatic carbocycles. The molecule has 5 heteroatoms. The number of aryl methyl sites for hydroxylation is 1. The van der Waals surface area contributed by atoms with Crippen LogP contribution in [-0.2, 0) is 11.4 Å². The van der Waals surface area contributed by atoms with Crippen LogP contribution in [0.3, 0.4) is 0 Å². The number of thioether (sulfide) groups is 1. The van der Waals surface area contributed by atoms with Gasteiger partial charge in [0, 0.05) is 5.56 Å². The molecule has 1 aliphatic heterocycles. The molecule has 2 aromatic rings. The smallest absolute Gasteiger partial charge is 0.264 e. The third kappa shape index (κ3) is 3.81. The molecule has 0 saturated carbocycles. The van der Waals surface area contributed by atoms with E-state index >= 15 is 0 Å². The molecule has 4 nitrogen and oxygen atoms in total. The molecule has 0 bridgehead atoms. The summed E-state index contributed by atoms with van der Waals surface area (Å²) in [6.45, 7) is 2.52. The lowest BCUT2D eigenvalue weighted by Gasteiger charge is -2.10. The third-order valence-electron chi connectivity index (χ3n) is 3.35. The Morgan fingerprint density at radius 3 is 2.78 bits per heavy atom. The minimum absolute atomic E-state index is 0.152. The molecule has 0 spiro atoms. The van der Waals surface area contributed by atoms with E-state index < -0.39 is 0 Å². The van der Waals surface area contributed by atoms with Crippen molar-refractivity contribution in [3.8, 4) is 5.75 Å². The van der Waals surface area contributed by atoms with Crippen molar-refractivity contribution in [2.75, 3.05) is 0 Å². The fraction of sp³-hybridized carbons (Fsp3) is 0.111. The highest BCUT2D eigenvalue weighted by molar-refractivity contribution is 8.18. The van der Waals surface area contributed by atoms with Crippen molar-refractivity contribution in [1.82, 2.24) is 5.32 Å². The van der Waals surface area contributed by atoms with E-state index in [1.54, 1.807) is 6.08 Å². The Morgan fingerprint density at radius 1 is 1.22 bits per heavy atom. The van der Waals surface area contributed by atoms with Gasteiger partial charge in [0.25, 0.3) is 5.91 Å². The van der Waals surface area contributed by atoms with Gasteiger partial charge in [-0.15, -0.1) is 0 Å². The lowest BCUT2D eigenvalue weighted by molar-refractivity contribution is -0.115. The summed E-state index contributed by atoms with van der Waals surface area (Å²) in [6, 6.07) is 15.7. The predicted octanol–water partition coefficient (Wildman–Crippen LogP) is 3.71. The zero-order chi connectivity index (χ0) is 16.2. The minimum atomic E-state index is -0.242. The molecule has 23 heavy (non-hydrogen) atoms. The first kappa shape index (κ1) is 15.4. The van der Waals surface area contributed by atoms with Gasteiger partial charge in [0.15, 0.2) is 5.17 Å². The number of amidine groups is 1. The van der Waals surface area contributed by atoms with E-state index in [1.165, 1.54) is 5.56 Å². The van der Waals surface area contributed by atoms with Gasteiger partial charge in [0.2, 0.25) is 0 Å². The van der Waals surface area contributed by atoms with Crippen molar-refractivity contribution in [3.05, 3.63) is 70.1 Å². The van der Waals surface area contributed by atoms with Crippen LogP contribution in [0.4, 0.5) is 0 Å². The molecule has 1 saturated heterocycles. The average molecular weight is 324 g/mol. The maximum Gasteiger partial charge on any atom is 0.264 e. The summed E-state index contributed by atoms with van der Waals surface area (Å²) >= 11 is 1.12. The fourth-order valence-corrected chi connectivity index (χ4v) is 2.97. The number of para-hydroxylation sites is 1. The first-order chi connectivity index (χ1) is 11.1. The average Bonchev–Trinajstić information content (AvgIpc) is 2.84. The highest BCUT2D eigenvalue weighted by atomic mass is 32.2. The monoisotopic (exact) mass is 324 g/mol. The van der Waals surface area contributed by atoms with Crippen LogP contribution in [0.1, 0.15) is 16.7 Å². The van der Waals surface area contributed by atoms with Gasteiger partial charge in [0.05, 0.1) is 4.91 Å². The topological polar surface area (TPSA) is 62.2 Å². The number of rotatable bonds is 4. The summed E-state index contributed by atoms with van der Waals surface area (Å²) in [5, 5.41) is 10.1. The van der Waals surface area contributed by atoms with Crippen molar-refractivity contribution in [2.45, 2.75) is 13.5 Å². The Morgan fingerprint density at radius 2 is 2.04 bits per heavy atom. The molecule has 0 unspecified atom stereocenters. The molecule has 2 N–H and O–H groups in total. The molecule has 2 aromatic carbocycles. The van der Waals surface area contributed by atoms with Crippen LogP contribution in [0.25, 0.3) is 6.08 Å². The summed E-state index contributed by atoms with van der Waals surface area (Å²) in [5.74, 6) is 0.474. The Kier molecular flexibility index (Phi) is 4.48. The molecule has 0 atom stereocenters. The van der Waals surface area contributed by atoms with Crippen LogP contribution in [0, 0.1) is 12.3 Å². The van der Waals surface area contributed by atoms with Crippen molar-refractivity contribution in [2.24, 2.45) is 0 Å². The van der Waals surface area contributed by atoms with Crippen LogP contribution in [0.15, 0.2) is 53.4 Å². The normalized spacial score (nSPS) is 15.8. The van der Waals surface area contributed by atoms with Crippen LogP contribution in [0.5, 0.6) is 5.75 Å². The van der Waals surface area contributed by atoms with Crippen molar-refractivity contribution in [3.63, 3.8) is 0 Å². The molecule has 116 valence electrons. The Hall–Kier alpha value is -2.53. The maximum atomic E-state index is 11.7. The van der Waals surface area contributed by atoms with Gasteiger partial charge in [-0.1, -0.05) is 48.0 Å². The number of amides is 1. The second-order valence-electron chi connectivity index (χ2n) is 5.21. The van der Waals surface area contributed by atoms with E-state index in [4.69, 9.17) is 10.1 Å². The SMILES string of the molecule is Cc1cccc(COc2ccccc2/C=C2\SC(=N)NC2=O)c1. The van der Waals surface area contributed by atoms with Gasteiger partial charge in [-0.2, -0.15) is 0 Å². The Labute approximate surface area is 139 Å². The van der Waals surface area contributed by atoms with Crippen molar-refractivity contribution in [1.29, 1.82) is 5.41 Å². The number of hydrogen-bond acceptors (Lipinski definition) is 4. The van der Waals surface area contributed by atoms with Crippen LogP contribution in [-0.4, -0.2) is 11.1 Å². The van der Waals surface area contributed by atoms with E-state index in [2.05, 4.69) is 11.4 Å². The molecule has 1 fully saturated rings. The molecule has 1 heterocycles. The molecule has 1 aliphatic rings. The summed E-state index contributed by atoms with van der Waals surface area (Å²) in [6.07, 6.45) is 1.76. The lowest BCUT2D eigenvalue weighted by Crippen LogP contribution is -2.18. The minimum Gasteiger partial charge on any atom is -0.488 e. The second-order valence-corrected chi connectivity index (χ2v) is 6.26. The standard InChI is InChI=1S/C18H16N2O2S/c1-12-5-4-6-13(9-12)11-22-15-8-3-2-7-14(15)10-16-17(21)20-18(19)23-16/h2-10H,11H2,1H3,(H2,19,20,21)/b16-10-. The van der Waals surface area contributed by atoms with E-state index in [9.17, 15) is 4.79 Å². The second kappa shape index (κ2) is 6.71. The lowest BCUT2D eigenvalue weighted by atomic mass is 10.1. The van der Waals surface area contributed by atoms with E-state index in [0.29, 0.717) is 17.3 Å². The highest BCUT2D eigenvalue weighted by Gasteiger charge is 2.22. The first-order valence-corrected chi connectivity index (χ1v) is 8.00. The fourth-order valence-electron chi connectivity index (χ4n) is 2.28. The molecular weight excluding hydrogens is 308 g/mol. The predicted molar refractivity (Wildman–Crippen MR) is 93.4 cm³/mol. The Bertz CT molecular complexity index is 799. The number of ether oxygens (including phenoxy) is 1. The van der Waals surface area contributed by atoms with Crippen LogP contribution >= 0.6 is 11.8 Å². The van der Waals surface area contributed by atoms with Crippen molar-refractivity contribution < 1.29 is 9.53 Å².